The van der Waals surface area contributed by atoms with Crippen molar-refractivity contribution in [1.82, 2.24) is 4.90 Å². The Hall–Kier alpha value is -1.10. The quantitative estimate of drug-likeness (QED) is 0.754. The third-order valence-corrected chi connectivity index (χ3v) is 3.65. The van der Waals surface area contributed by atoms with Gasteiger partial charge in [0.15, 0.2) is 0 Å². The second-order valence-corrected chi connectivity index (χ2v) is 5.44. The molecule has 18 heavy (non-hydrogen) atoms. The number of hydrogen-bond donors (Lipinski definition) is 2. The Kier molecular flexibility index (Phi) is 5.59. The summed E-state index contributed by atoms with van der Waals surface area (Å²) in [6.45, 7) is 4.45. The van der Waals surface area contributed by atoms with Crippen molar-refractivity contribution in [3.8, 4) is 0 Å². The Morgan fingerprint density at radius 2 is 2.06 bits per heavy atom. The summed E-state index contributed by atoms with van der Waals surface area (Å²) in [6.07, 6.45) is 3.82. The molecular weight excluding hydrogens is 230 g/mol. The minimum absolute atomic E-state index is 0.120. The van der Waals surface area contributed by atoms with Gasteiger partial charge in [-0.25, -0.2) is 0 Å². The molecule has 1 aliphatic rings. The molecule has 0 aliphatic carbocycles. The molecule has 5 nitrogen and oxygen atoms in total. The Morgan fingerprint density at radius 1 is 1.39 bits per heavy atom. The molecule has 5 heteroatoms. The van der Waals surface area contributed by atoms with Crippen molar-refractivity contribution in [3.63, 3.8) is 0 Å². The van der Waals surface area contributed by atoms with Crippen LogP contribution in [0, 0.1) is 5.92 Å². The van der Waals surface area contributed by atoms with Crippen LogP contribution in [0.25, 0.3) is 0 Å². The van der Waals surface area contributed by atoms with Crippen molar-refractivity contribution >= 4 is 11.8 Å². The average Bonchev–Trinajstić information content (AvgIpc) is 2.28. The number of piperidine rings is 1. The first kappa shape index (κ1) is 15.0. The van der Waals surface area contributed by atoms with Gasteiger partial charge in [0, 0.05) is 25.0 Å². The van der Waals surface area contributed by atoms with E-state index < -0.39 is 0 Å². The highest BCUT2D eigenvalue weighted by molar-refractivity contribution is 5.80. The highest BCUT2D eigenvalue weighted by Gasteiger charge is 2.31. The van der Waals surface area contributed by atoms with E-state index in [-0.39, 0.29) is 29.8 Å². The van der Waals surface area contributed by atoms with Gasteiger partial charge in [0.05, 0.1) is 5.92 Å². The lowest BCUT2D eigenvalue weighted by Gasteiger charge is -2.37. The van der Waals surface area contributed by atoms with E-state index in [0.717, 1.165) is 25.7 Å². The number of likely N-dealkylation sites (tertiary alicyclic amines) is 1. The van der Waals surface area contributed by atoms with Gasteiger partial charge in [-0.15, -0.1) is 0 Å². The summed E-state index contributed by atoms with van der Waals surface area (Å²) < 4.78 is 0. The summed E-state index contributed by atoms with van der Waals surface area (Å²) >= 11 is 0. The van der Waals surface area contributed by atoms with Crippen molar-refractivity contribution < 1.29 is 9.59 Å². The molecule has 0 spiro atoms. The number of nitrogens with zero attached hydrogens (tertiary/aromatic N) is 1. The standard InChI is InChI=1S/C13H25N3O2/c1-9(14)4-3-5-12(17)16-8-11(13(15)18)7-6-10(16)2/h9-11H,3-8,14H2,1-2H3,(H2,15,18). The van der Waals surface area contributed by atoms with Gasteiger partial charge in [0.1, 0.15) is 0 Å². The Balaban J connectivity index is 2.46. The number of amides is 2. The van der Waals surface area contributed by atoms with E-state index >= 15 is 0 Å². The van der Waals surface area contributed by atoms with Gasteiger partial charge in [0.25, 0.3) is 0 Å². The van der Waals surface area contributed by atoms with E-state index in [1.807, 2.05) is 13.8 Å². The molecule has 0 aromatic heterocycles. The number of carbonyl (C=O) groups is 2. The predicted molar refractivity (Wildman–Crippen MR) is 70.6 cm³/mol. The van der Waals surface area contributed by atoms with Gasteiger partial charge in [-0.1, -0.05) is 0 Å². The predicted octanol–water partition coefficient (Wildman–Crippen LogP) is 0.616. The first-order valence-electron chi connectivity index (χ1n) is 6.76. The Morgan fingerprint density at radius 3 is 2.61 bits per heavy atom. The fourth-order valence-corrected chi connectivity index (χ4v) is 2.41. The molecule has 0 saturated carbocycles. The van der Waals surface area contributed by atoms with E-state index in [9.17, 15) is 9.59 Å². The fraction of sp³-hybridized carbons (Fsp3) is 0.846. The van der Waals surface area contributed by atoms with Gasteiger partial charge >= 0.3 is 0 Å². The summed E-state index contributed by atoms with van der Waals surface area (Å²) in [5, 5.41) is 0. The third-order valence-electron chi connectivity index (χ3n) is 3.65. The third kappa shape index (κ3) is 4.29. The number of primary amides is 1. The molecule has 3 atom stereocenters. The molecular formula is C13H25N3O2. The van der Waals surface area contributed by atoms with Gasteiger partial charge in [-0.2, -0.15) is 0 Å². The smallest absolute Gasteiger partial charge is 0.222 e. The Labute approximate surface area is 109 Å². The van der Waals surface area contributed by atoms with E-state index in [0.29, 0.717) is 13.0 Å². The Bertz CT molecular complexity index is 305. The lowest BCUT2D eigenvalue weighted by Crippen LogP contribution is -2.48. The maximum atomic E-state index is 12.1. The van der Waals surface area contributed by atoms with Crippen LogP contribution >= 0.6 is 0 Å². The van der Waals surface area contributed by atoms with Crippen LogP contribution in [-0.2, 0) is 9.59 Å². The van der Waals surface area contributed by atoms with E-state index in [1.54, 1.807) is 4.90 Å². The molecule has 0 radical (unpaired) electrons. The van der Waals surface area contributed by atoms with Crippen molar-refractivity contribution in [2.75, 3.05) is 6.54 Å². The summed E-state index contributed by atoms with van der Waals surface area (Å²) in [4.78, 5) is 25.1. The summed E-state index contributed by atoms with van der Waals surface area (Å²) in [7, 11) is 0. The molecule has 1 rings (SSSR count). The molecule has 2 amide bonds. The van der Waals surface area contributed by atoms with Gasteiger partial charge in [-0.05, 0) is 39.5 Å². The summed E-state index contributed by atoms with van der Waals surface area (Å²) in [6, 6.07) is 0.346. The molecule has 1 heterocycles. The maximum Gasteiger partial charge on any atom is 0.222 e. The molecule has 0 aromatic rings. The minimum Gasteiger partial charge on any atom is -0.369 e. The molecule has 104 valence electrons. The van der Waals surface area contributed by atoms with Crippen molar-refractivity contribution in [3.05, 3.63) is 0 Å². The first-order chi connectivity index (χ1) is 8.41. The van der Waals surface area contributed by atoms with Crippen LogP contribution in [0.4, 0.5) is 0 Å². The maximum absolute atomic E-state index is 12.1. The monoisotopic (exact) mass is 255 g/mol. The lowest BCUT2D eigenvalue weighted by atomic mass is 9.92. The first-order valence-corrected chi connectivity index (χ1v) is 6.76. The van der Waals surface area contributed by atoms with Crippen LogP contribution < -0.4 is 11.5 Å². The zero-order chi connectivity index (χ0) is 13.7. The molecule has 1 aliphatic heterocycles. The van der Waals surface area contributed by atoms with Crippen molar-refractivity contribution in [2.24, 2.45) is 17.4 Å². The molecule has 1 fully saturated rings. The van der Waals surface area contributed by atoms with E-state index in [4.69, 9.17) is 11.5 Å². The van der Waals surface area contributed by atoms with Crippen LogP contribution in [0.5, 0.6) is 0 Å². The average molecular weight is 255 g/mol. The van der Waals surface area contributed by atoms with Crippen molar-refractivity contribution in [1.29, 1.82) is 0 Å². The number of rotatable bonds is 5. The molecule has 3 unspecified atom stereocenters. The molecule has 4 N–H and O–H groups in total. The SMILES string of the molecule is CC(N)CCCC(=O)N1CC(C(N)=O)CCC1C. The molecule has 1 saturated heterocycles. The summed E-state index contributed by atoms with van der Waals surface area (Å²) in [5.41, 5.74) is 11.0. The fourth-order valence-electron chi connectivity index (χ4n) is 2.41. The highest BCUT2D eigenvalue weighted by Crippen LogP contribution is 2.22. The molecule has 0 aromatic carbocycles. The summed E-state index contributed by atoms with van der Waals surface area (Å²) in [5.74, 6) is -0.358. The topological polar surface area (TPSA) is 89.4 Å². The second-order valence-electron chi connectivity index (χ2n) is 5.44. The number of nitrogens with two attached hydrogens (primary N) is 2. The number of carbonyl (C=O) groups excluding carboxylic acids is 2. The molecule has 0 bridgehead atoms. The van der Waals surface area contributed by atoms with Gasteiger partial charge in [0.2, 0.25) is 11.8 Å². The second kappa shape index (κ2) is 6.73. The number of hydrogen-bond acceptors (Lipinski definition) is 3. The van der Waals surface area contributed by atoms with Gasteiger partial charge in [-0.3, -0.25) is 9.59 Å². The minimum atomic E-state index is -0.296. The normalized spacial score (nSPS) is 25.8. The zero-order valence-electron chi connectivity index (χ0n) is 11.4. The van der Waals surface area contributed by atoms with E-state index in [1.165, 1.54) is 0 Å². The largest absolute Gasteiger partial charge is 0.369 e. The van der Waals surface area contributed by atoms with Crippen molar-refractivity contribution in [2.45, 2.75) is 58.0 Å². The van der Waals surface area contributed by atoms with Crippen LogP contribution in [0.15, 0.2) is 0 Å². The lowest BCUT2D eigenvalue weighted by molar-refractivity contribution is -0.137. The van der Waals surface area contributed by atoms with Crippen LogP contribution in [0.3, 0.4) is 0 Å². The highest BCUT2D eigenvalue weighted by atomic mass is 16.2. The van der Waals surface area contributed by atoms with Crippen LogP contribution in [0.2, 0.25) is 0 Å². The van der Waals surface area contributed by atoms with Crippen LogP contribution in [-0.4, -0.2) is 35.3 Å². The van der Waals surface area contributed by atoms with Crippen LogP contribution in [0.1, 0.15) is 46.0 Å². The zero-order valence-corrected chi connectivity index (χ0v) is 11.4. The van der Waals surface area contributed by atoms with E-state index in [2.05, 4.69) is 0 Å². The van der Waals surface area contributed by atoms with Gasteiger partial charge < -0.3 is 16.4 Å².